The molecule has 2 rings (SSSR count). The van der Waals surface area contributed by atoms with Gasteiger partial charge in [-0.1, -0.05) is 11.6 Å². The molecule has 0 aliphatic heterocycles. The molecule has 20 heavy (non-hydrogen) atoms. The van der Waals surface area contributed by atoms with Gasteiger partial charge in [-0.3, -0.25) is 0 Å². The molecule has 0 radical (unpaired) electrons. The summed E-state index contributed by atoms with van der Waals surface area (Å²) >= 11 is 7.06. The van der Waals surface area contributed by atoms with E-state index in [1.807, 2.05) is 6.92 Å². The number of hydrogen-bond donors (Lipinski definition) is 0. The van der Waals surface area contributed by atoms with Crippen molar-refractivity contribution in [3.63, 3.8) is 0 Å². The predicted molar refractivity (Wildman–Crippen MR) is 71.0 cm³/mol. The summed E-state index contributed by atoms with van der Waals surface area (Å²) in [4.78, 5) is 13.3. The van der Waals surface area contributed by atoms with Crippen molar-refractivity contribution in [3.8, 4) is 0 Å². The Bertz CT molecular complexity index is 614. The van der Waals surface area contributed by atoms with E-state index in [-0.39, 0.29) is 11.0 Å². The second-order valence-electron chi connectivity index (χ2n) is 4.09. The van der Waals surface area contributed by atoms with Gasteiger partial charge in [0.25, 0.3) is 0 Å². The Morgan fingerprint density at radius 3 is 2.60 bits per heavy atom. The fourth-order valence-electron chi connectivity index (χ4n) is 1.50. The molecular weight excluding hydrogens is 313 g/mol. The molecule has 0 aliphatic rings. The van der Waals surface area contributed by atoms with Gasteiger partial charge in [-0.25, -0.2) is 15.0 Å². The lowest BCUT2D eigenvalue weighted by molar-refractivity contribution is -0.144. The van der Waals surface area contributed by atoms with Crippen molar-refractivity contribution < 1.29 is 13.2 Å². The van der Waals surface area contributed by atoms with Crippen LogP contribution in [0.15, 0.2) is 11.6 Å². The van der Waals surface area contributed by atoms with Crippen LogP contribution in [-0.4, -0.2) is 22.0 Å². The van der Waals surface area contributed by atoms with Crippen molar-refractivity contribution in [2.45, 2.75) is 19.6 Å². The molecule has 0 atom stereocenters. The summed E-state index contributed by atoms with van der Waals surface area (Å²) in [5.74, 6) is -1.13. The van der Waals surface area contributed by atoms with E-state index in [0.29, 0.717) is 6.54 Å². The Morgan fingerprint density at radius 1 is 1.35 bits per heavy atom. The van der Waals surface area contributed by atoms with Gasteiger partial charge in [0.2, 0.25) is 5.82 Å². The number of thiazole rings is 1. The fourth-order valence-corrected chi connectivity index (χ4v) is 2.51. The molecule has 2 aromatic rings. The molecular formula is C11H10ClF3N4S. The van der Waals surface area contributed by atoms with Crippen LogP contribution >= 0.6 is 22.9 Å². The second kappa shape index (κ2) is 5.53. The summed E-state index contributed by atoms with van der Waals surface area (Å²) in [6.07, 6.45) is -4.62. The van der Waals surface area contributed by atoms with Gasteiger partial charge in [0.15, 0.2) is 0 Å². The van der Waals surface area contributed by atoms with E-state index in [1.165, 1.54) is 17.4 Å². The fraction of sp³-hybridized carbons (Fsp3) is 0.364. The van der Waals surface area contributed by atoms with Gasteiger partial charge in [-0.2, -0.15) is 13.2 Å². The number of anilines is 1. The van der Waals surface area contributed by atoms with Gasteiger partial charge in [0, 0.05) is 18.0 Å². The number of aryl methyl sites for hydroxylation is 1. The minimum absolute atomic E-state index is 0.116. The van der Waals surface area contributed by atoms with Crippen molar-refractivity contribution in [3.05, 3.63) is 33.1 Å². The second-order valence-corrected chi connectivity index (χ2v) is 5.41. The topological polar surface area (TPSA) is 41.9 Å². The van der Waals surface area contributed by atoms with Crippen molar-refractivity contribution in [1.29, 1.82) is 0 Å². The predicted octanol–water partition coefficient (Wildman–Crippen LogP) is 3.55. The number of rotatable bonds is 3. The van der Waals surface area contributed by atoms with Crippen molar-refractivity contribution in [2.75, 3.05) is 11.9 Å². The van der Waals surface area contributed by atoms with E-state index >= 15 is 0 Å². The van der Waals surface area contributed by atoms with E-state index in [1.54, 1.807) is 17.5 Å². The van der Waals surface area contributed by atoms with Crippen LogP contribution in [0.2, 0.25) is 5.15 Å². The normalized spacial score (nSPS) is 11.7. The summed E-state index contributed by atoms with van der Waals surface area (Å²) in [6, 6.07) is 1.30. The van der Waals surface area contributed by atoms with E-state index in [9.17, 15) is 13.2 Å². The van der Waals surface area contributed by atoms with E-state index in [2.05, 4.69) is 15.0 Å². The van der Waals surface area contributed by atoms with Crippen molar-refractivity contribution in [2.24, 2.45) is 0 Å². The molecule has 0 spiro atoms. The minimum Gasteiger partial charge on any atom is -0.354 e. The molecule has 0 aromatic carbocycles. The molecule has 0 amide bonds. The first kappa shape index (κ1) is 15.0. The first-order chi connectivity index (χ1) is 9.27. The zero-order valence-electron chi connectivity index (χ0n) is 10.6. The first-order valence-corrected chi connectivity index (χ1v) is 6.75. The van der Waals surface area contributed by atoms with Crippen LogP contribution in [0.1, 0.15) is 16.4 Å². The number of halogens is 4. The van der Waals surface area contributed by atoms with Gasteiger partial charge in [-0.05, 0) is 6.92 Å². The number of aromatic nitrogens is 3. The SMILES string of the molecule is Cc1ncsc1CN(C)c1cc(Cl)nc(C(F)(F)F)n1. The summed E-state index contributed by atoms with van der Waals surface area (Å²) in [7, 11) is 1.64. The lowest BCUT2D eigenvalue weighted by Crippen LogP contribution is -2.20. The van der Waals surface area contributed by atoms with Crippen LogP contribution in [0.4, 0.5) is 19.0 Å². The highest BCUT2D eigenvalue weighted by atomic mass is 35.5. The van der Waals surface area contributed by atoms with Crippen LogP contribution in [0, 0.1) is 6.92 Å². The first-order valence-electron chi connectivity index (χ1n) is 5.49. The third-order valence-electron chi connectivity index (χ3n) is 2.55. The average Bonchev–Trinajstić information content (AvgIpc) is 2.73. The highest BCUT2D eigenvalue weighted by Gasteiger charge is 2.35. The zero-order valence-corrected chi connectivity index (χ0v) is 12.1. The number of hydrogen-bond acceptors (Lipinski definition) is 5. The Labute approximate surface area is 122 Å². The molecule has 0 aliphatic carbocycles. The Kier molecular flexibility index (Phi) is 4.14. The molecule has 0 unspecified atom stereocenters. The molecule has 0 fully saturated rings. The number of nitrogens with zero attached hydrogens (tertiary/aromatic N) is 4. The maximum Gasteiger partial charge on any atom is 0.451 e. The third-order valence-corrected chi connectivity index (χ3v) is 3.67. The lowest BCUT2D eigenvalue weighted by atomic mass is 10.3. The van der Waals surface area contributed by atoms with Crippen LogP contribution in [0.25, 0.3) is 0 Å². The molecule has 2 heterocycles. The van der Waals surface area contributed by atoms with Crippen molar-refractivity contribution in [1.82, 2.24) is 15.0 Å². The van der Waals surface area contributed by atoms with Crippen LogP contribution < -0.4 is 4.90 Å². The third kappa shape index (κ3) is 3.37. The standard InChI is InChI=1S/C11H10ClF3N4S/c1-6-7(20-5-16-6)4-19(2)9-3-8(12)17-10(18-9)11(13,14)15/h3,5H,4H2,1-2H3. The lowest BCUT2D eigenvalue weighted by Gasteiger charge is -2.18. The number of alkyl halides is 3. The van der Waals surface area contributed by atoms with Crippen LogP contribution in [0.3, 0.4) is 0 Å². The summed E-state index contributed by atoms with van der Waals surface area (Å²) in [5.41, 5.74) is 2.53. The highest BCUT2D eigenvalue weighted by molar-refractivity contribution is 7.09. The maximum atomic E-state index is 12.6. The summed E-state index contributed by atoms with van der Waals surface area (Å²) in [6.45, 7) is 2.24. The van der Waals surface area contributed by atoms with Crippen LogP contribution in [0.5, 0.6) is 0 Å². The molecule has 2 aromatic heterocycles. The largest absolute Gasteiger partial charge is 0.451 e. The molecule has 108 valence electrons. The summed E-state index contributed by atoms with van der Waals surface area (Å²) < 4.78 is 37.9. The quantitative estimate of drug-likeness (QED) is 0.810. The van der Waals surface area contributed by atoms with E-state index < -0.39 is 12.0 Å². The molecule has 0 N–H and O–H groups in total. The van der Waals surface area contributed by atoms with Crippen molar-refractivity contribution >= 4 is 28.8 Å². The Morgan fingerprint density at radius 2 is 2.05 bits per heavy atom. The average molecular weight is 323 g/mol. The van der Waals surface area contributed by atoms with E-state index in [4.69, 9.17) is 11.6 Å². The van der Waals surface area contributed by atoms with Gasteiger partial charge in [0.1, 0.15) is 11.0 Å². The molecule has 0 saturated carbocycles. The van der Waals surface area contributed by atoms with Gasteiger partial charge in [0.05, 0.1) is 17.7 Å². The molecule has 4 nitrogen and oxygen atoms in total. The van der Waals surface area contributed by atoms with Crippen LogP contribution in [-0.2, 0) is 12.7 Å². The molecule has 0 saturated heterocycles. The molecule has 9 heteroatoms. The van der Waals surface area contributed by atoms with Gasteiger partial charge >= 0.3 is 6.18 Å². The molecule has 0 bridgehead atoms. The minimum atomic E-state index is -4.62. The van der Waals surface area contributed by atoms with E-state index in [0.717, 1.165) is 10.6 Å². The monoisotopic (exact) mass is 322 g/mol. The zero-order chi connectivity index (χ0) is 14.9. The maximum absolute atomic E-state index is 12.6. The highest BCUT2D eigenvalue weighted by Crippen LogP contribution is 2.29. The smallest absolute Gasteiger partial charge is 0.354 e. The van der Waals surface area contributed by atoms with Gasteiger partial charge in [-0.15, -0.1) is 11.3 Å². The Balaban J connectivity index is 2.28. The van der Waals surface area contributed by atoms with Gasteiger partial charge < -0.3 is 4.90 Å². The Hall–Kier alpha value is -1.41. The summed E-state index contributed by atoms with van der Waals surface area (Å²) in [5, 5.41) is -0.241.